The van der Waals surface area contributed by atoms with Gasteiger partial charge in [-0.05, 0) is 22.9 Å². The summed E-state index contributed by atoms with van der Waals surface area (Å²) < 4.78 is 13.0. The first-order valence-corrected chi connectivity index (χ1v) is 4.48. The molecule has 4 heteroatoms. The van der Waals surface area contributed by atoms with Gasteiger partial charge in [-0.25, -0.2) is 9.37 Å². The molecule has 0 saturated carbocycles. The average molecular weight is 235 g/mol. The summed E-state index contributed by atoms with van der Waals surface area (Å²) >= 11 is 3.03. The van der Waals surface area contributed by atoms with Crippen LogP contribution < -0.4 is 5.73 Å². The second kappa shape index (κ2) is 5.09. The Kier molecular flexibility index (Phi) is 4.81. The molecule has 1 aromatic heterocycles. The molecule has 0 spiro atoms. The molecule has 1 rings (SSSR count). The van der Waals surface area contributed by atoms with Gasteiger partial charge < -0.3 is 5.73 Å². The molecule has 1 heterocycles. The van der Waals surface area contributed by atoms with Crippen molar-refractivity contribution in [2.75, 3.05) is 5.73 Å². The molecular formula is C8H12BrFN2. The van der Waals surface area contributed by atoms with Gasteiger partial charge in [-0.15, -0.1) is 0 Å². The van der Waals surface area contributed by atoms with Crippen molar-refractivity contribution in [3.05, 3.63) is 22.1 Å². The number of anilines is 1. The quantitative estimate of drug-likeness (QED) is 0.750. The smallest absolute Gasteiger partial charge is 0.156 e. The normalized spacial score (nSPS) is 8.75. The summed E-state index contributed by atoms with van der Waals surface area (Å²) in [6, 6.07) is 0. The number of nitrogens with zero attached hydrogens (tertiary/aromatic N) is 1. The zero-order chi connectivity index (χ0) is 9.72. The predicted octanol–water partition coefficient (Wildman–Crippen LogP) is 2.90. The van der Waals surface area contributed by atoms with Crippen LogP contribution in [0.2, 0.25) is 0 Å². The van der Waals surface area contributed by atoms with Crippen LogP contribution in [0.25, 0.3) is 0 Å². The molecule has 1 aromatic rings. The lowest BCUT2D eigenvalue weighted by molar-refractivity contribution is 0.613. The van der Waals surface area contributed by atoms with E-state index in [1.807, 2.05) is 13.8 Å². The molecule has 0 fully saturated rings. The molecule has 0 atom stereocenters. The number of aromatic nitrogens is 1. The van der Waals surface area contributed by atoms with E-state index in [2.05, 4.69) is 20.9 Å². The monoisotopic (exact) mass is 234 g/mol. The highest BCUT2D eigenvalue weighted by Crippen LogP contribution is 2.22. The number of hydrogen-bond acceptors (Lipinski definition) is 2. The number of pyridine rings is 1. The van der Waals surface area contributed by atoms with Crippen molar-refractivity contribution in [2.24, 2.45) is 0 Å². The lowest BCUT2D eigenvalue weighted by Crippen LogP contribution is -1.96. The molecule has 0 aliphatic carbocycles. The lowest BCUT2D eigenvalue weighted by Gasteiger charge is -2.00. The van der Waals surface area contributed by atoms with Crippen LogP contribution in [0.3, 0.4) is 0 Å². The van der Waals surface area contributed by atoms with Crippen LogP contribution in [0.4, 0.5) is 10.2 Å². The van der Waals surface area contributed by atoms with Crippen molar-refractivity contribution < 1.29 is 4.39 Å². The molecule has 68 valence electrons. The maximum atomic E-state index is 12.6. The third kappa shape index (κ3) is 2.44. The molecule has 0 aliphatic heterocycles. The van der Waals surface area contributed by atoms with Crippen molar-refractivity contribution in [1.82, 2.24) is 4.98 Å². The Morgan fingerprint density at radius 2 is 2.00 bits per heavy atom. The minimum atomic E-state index is -0.383. The van der Waals surface area contributed by atoms with E-state index in [1.165, 1.54) is 0 Å². The molecule has 0 aromatic carbocycles. The second-order valence-electron chi connectivity index (χ2n) is 1.93. The molecule has 12 heavy (non-hydrogen) atoms. The van der Waals surface area contributed by atoms with Crippen molar-refractivity contribution in [1.29, 1.82) is 0 Å². The molecule has 0 aliphatic rings. The zero-order valence-corrected chi connectivity index (χ0v) is 8.94. The first-order valence-electron chi connectivity index (χ1n) is 3.69. The Hall–Kier alpha value is -0.640. The van der Waals surface area contributed by atoms with Gasteiger partial charge in [0.05, 0.1) is 10.7 Å². The third-order valence-electron chi connectivity index (χ3n) is 1.24. The molecule has 2 nitrogen and oxygen atoms in total. The van der Waals surface area contributed by atoms with Gasteiger partial charge in [0.1, 0.15) is 5.82 Å². The van der Waals surface area contributed by atoms with Crippen molar-refractivity contribution >= 4 is 21.7 Å². The average Bonchev–Trinajstić information content (AvgIpc) is 2.12. The minimum Gasteiger partial charge on any atom is -0.383 e. The van der Waals surface area contributed by atoms with Gasteiger partial charge >= 0.3 is 0 Å². The fourth-order valence-corrected chi connectivity index (χ4v) is 0.877. The van der Waals surface area contributed by atoms with E-state index in [-0.39, 0.29) is 5.82 Å². The Morgan fingerprint density at radius 3 is 2.42 bits per heavy atom. The molecule has 0 saturated heterocycles. The Balaban J connectivity index is 0.000000561. The van der Waals surface area contributed by atoms with Gasteiger partial charge in [0, 0.05) is 5.56 Å². The van der Waals surface area contributed by atoms with Crippen molar-refractivity contribution in [2.45, 2.75) is 20.8 Å². The maximum Gasteiger partial charge on any atom is 0.156 e. The van der Waals surface area contributed by atoms with Crippen LogP contribution in [-0.2, 0) is 0 Å². The van der Waals surface area contributed by atoms with Crippen LogP contribution >= 0.6 is 15.9 Å². The predicted molar refractivity (Wildman–Crippen MR) is 52.4 cm³/mol. The van der Waals surface area contributed by atoms with Gasteiger partial charge in [-0.2, -0.15) is 0 Å². The third-order valence-corrected chi connectivity index (χ3v) is 2.21. The SMILES string of the molecule is CC.Cc1c(N)ncc(F)c1Br. The van der Waals surface area contributed by atoms with E-state index in [0.717, 1.165) is 6.20 Å². The standard InChI is InChI=1S/C6H6BrFN2.C2H6/c1-3-5(7)4(8)2-10-6(3)9;1-2/h2H,1H3,(H2,9,10);1-2H3. The van der Waals surface area contributed by atoms with Gasteiger partial charge in [-0.1, -0.05) is 13.8 Å². The Labute approximate surface area is 80.1 Å². The van der Waals surface area contributed by atoms with E-state index < -0.39 is 0 Å². The van der Waals surface area contributed by atoms with Crippen LogP contribution in [0.15, 0.2) is 10.7 Å². The van der Waals surface area contributed by atoms with Crippen molar-refractivity contribution in [3.63, 3.8) is 0 Å². The number of hydrogen-bond donors (Lipinski definition) is 1. The number of rotatable bonds is 0. The summed E-state index contributed by atoms with van der Waals surface area (Å²) in [5, 5.41) is 0. The highest BCUT2D eigenvalue weighted by atomic mass is 79.9. The van der Waals surface area contributed by atoms with Gasteiger partial charge in [0.15, 0.2) is 5.82 Å². The first-order chi connectivity index (χ1) is 5.63. The van der Waals surface area contributed by atoms with E-state index >= 15 is 0 Å². The summed E-state index contributed by atoms with van der Waals surface area (Å²) in [6.45, 7) is 5.70. The molecule has 0 amide bonds. The second-order valence-corrected chi connectivity index (χ2v) is 2.72. The number of nitrogen functional groups attached to an aromatic ring is 1. The van der Waals surface area contributed by atoms with E-state index in [9.17, 15) is 4.39 Å². The summed E-state index contributed by atoms with van der Waals surface area (Å²) in [7, 11) is 0. The van der Waals surface area contributed by atoms with Crippen LogP contribution in [0.5, 0.6) is 0 Å². The maximum absolute atomic E-state index is 12.6. The zero-order valence-electron chi connectivity index (χ0n) is 7.36. The fraction of sp³-hybridized carbons (Fsp3) is 0.375. The number of nitrogens with two attached hydrogens (primary N) is 1. The molecule has 0 unspecified atom stereocenters. The molecular weight excluding hydrogens is 223 g/mol. The topological polar surface area (TPSA) is 38.9 Å². The van der Waals surface area contributed by atoms with Crippen LogP contribution in [-0.4, -0.2) is 4.98 Å². The number of halogens is 2. The van der Waals surface area contributed by atoms with Crippen LogP contribution in [0, 0.1) is 12.7 Å². The summed E-state index contributed by atoms with van der Waals surface area (Å²) in [4.78, 5) is 3.61. The van der Waals surface area contributed by atoms with Gasteiger partial charge in [0.25, 0.3) is 0 Å². The Morgan fingerprint density at radius 1 is 1.50 bits per heavy atom. The summed E-state index contributed by atoms with van der Waals surface area (Å²) in [5.74, 6) is -0.0278. The van der Waals surface area contributed by atoms with Crippen LogP contribution in [0.1, 0.15) is 19.4 Å². The first kappa shape index (κ1) is 11.4. The molecule has 0 bridgehead atoms. The minimum absolute atomic E-state index is 0.355. The fourth-order valence-electron chi connectivity index (χ4n) is 0.571. The largest absolute Gasteiger partial charge is 0.383 e. The Bertz CT molecular complexity index is 236. The lowest BCUT2D eigenvalue weighted by atomic mass is 10.3. The summed E-state index contributed by atoms with van der Waals surface area (Å²) in [5.41, 5.74) is 6.02. The van der Waals surface area contributed by atoms with Crippen molar-refractivity contribution in [3.8, 4) is 0 Å². The summed E-state index contributed by atoms with van der Waals surface area (Å²) in [6.07, 6.45) is 1.09. The van der Waals surface area contributed by atoms with Gasteiger partial charge in [-0.3, -0.25) is 0 Å². The highest BCUT2D eigenvalue weighted by Gasteiger charge is 2.04. The van der Waals surface area contributed by atoms with Gasteiger partial charge in [0.2, 0.25) is 0 Å². The highest BCUT2D eigenvalue weighted by molar-refractivity contribution is 9.10. The molecule has 0 radical (unpaired) electrons. The van der Waals surface area contributed by atoms with E-state index in [0.29, 0.717) is 15.9 Å². The molecule has 2 N–H and O–H groups in total. The van der Waals surface area contributed by atoms with E-state index in [4.69, 9.17) is 5.73 Å². The van der Waals surface area contributed by atoms with E-state index in [1.54, 1.807) is 6.92 Å².